The number of esters is 1. The second kappa shape index (κ2) is 8.93. The second-order valence-electron chi connectivity index (χ2n) is 5.63. The number of hydrogen-bond donors (Lipinski definition) is 1. The van der Waals surface area contributed by atoms with Crippen molar-refractivity contribution in [2.45, 2.75) is 0 Å². The summed E-state index contributed by atoms with van der Waals surface area (Å²) in [7, 11) is 1.22. The molecule has 0 bridgehead atoms. The molecule has 0 unspecified atom stereocenters. The molecule has 2 aromatic rings. The number of amidine groups is 1. The van der Waals surface area contributed by atoms with Gasteiger partial charge in [0.05, 0.1) is 23.2 Å². The zero-order valence-electron chi connectivity index (χ0n) is 15.1. The van der Waals surface area contributed by atoms with E-state index in [0.29, 0.717) is 0 Å². The van der Waals surface area contributed by atoms with E-state index >= 15 is 0 Å². The fourth-order valence-corrected chi connectivity index (χ4v) is 3.16. The van der Waals surface area contributed by atoms with Gasteiger partial charge in [0.15, 0.2) is 5.17 Å². The highest BCUT2D eigenvalue weighted by molar-refractivity contribution is 8.18. The molecule has 1 fully saturated rings. The van der Waals surface area contributed by atoms with Crippen LogP contribution in [0.15, 0.2) is 69.7 Å². The summed E-state index contributed by atoms with van der Waals surface area (Å²) in [5.74, 6) is -1.09. The zero-order chi connectivity index (χ0) is 20.8. The first-order valence-electron chi connectivity index (χ1n) is 8.21. The number of nitrogens with one attached hydrogen (secondary N) is 1. The molecular formula is C19H14N4O5S. The molecule has 1 saturated heterocycles. The molecule has 0 spiro atoms. The topological polar surface area (TPSA) is 123 Å². The van der Waals surface area contributed by atoms with Crippen molar-refractivity contribution in [3.05, 3.63) is 75.2 Å². The predicted octanol–water partition coefficient (Wildman–Crippen LogP) is 2.87. The number of rotatable bonds is 5. The van der Waals surface area contributed by atoms with Crippen molar-refractivity contribution in [2.24, 2.45) is 10.2 Å². The molecule has 0 radical (unpaired) electrons. The Hall–Kier alpha value is -3.79. The van der Waals surface area contributed by atoms with Crippen molar-refractivity contribution in [1.29, 1.82) is 0 Å². The molecule has 2 aromatic carbocycles. The minimum atomic E-state index is -0.635. The number of amides is 1. The standard InChI is InChI=1S/C19H14N4O5S/c1-28-17(24)10-16-18(25)21-19(29-16)22-20-11-13-4-2-3-5-15(13)12-6-8-14(9-7-12)23(26)27/h2-11H,1H3,(H,21,22,25)/b16-10+,20-11?. The van der Waals surface area contributed by atoms with Crippen molar-refractivity contribution in [2.75, 3.05) is 7.11 Å². The molecule has 9 nitrogen and oxygen atoms in total. The number of benzene rings is 2. The van der Waals surface area contributed by atoms with Gasteiger partial charge in [-0.05, 0) is 35.0 Å². The van der Waals surface area contributed by atoms with Crippen molar-refractivity contribution >= 4 is 40.7 Å². The number of nitro groups is 1. The number of hydrogen-bond acceptors (Lipinski definition) is 8. The van der Waals surface area contributed by atoms with Gasteiger partial charge in [0, 0.05) is 23.8 Å². The number of nitro benzene ring substituents is 1. The number of nitrogens with zero attached hydrogens (tertiary/aromatic N) is 3. The summed E-state index contributed by atoms with van der Waals surface area (Å²) < 4.78 is 4.49. The molecule has 1 amide bonds. The Bertz CT molecular complexity index is 1060. The fraction of sp³-hybridized carbons (Fsp3) is 0.0526. The summed E-state index contributed by atoms with van der Waals surface area (Å²) in [5, 5.41) is 21.5. The number of ether oxygens (including phenoxy) is 1. The van der Waals surface area contributed by atoms with Crippen LogP contribution in [-0.2, 0) is 14.3 Å². The highest BCUT2D eigenvalue weighted by Crippen LogP contribution is 2.26. The van der Waals surface area contributed by atoms with Gasteiger partial charge in [-0.15, -0.1) is 5.10 Å². The monoisotopic (exact) mass is 410 g/mol. The Morgan fingerprint density at radius 3 is 2.62 bits per heavy atom. The van der Waals surface area contributed by atoms with Crippen LogP contribution < -0.4 is 5.32 Å². The Labute approximate surface area is 169 Å². The van der Waals surface area contributed by atoms with E-state index in [0.717, 1.165) is 34.5 Å². The molecule has 1 N–H and O–H groups in total. The smallest absolute Gasteiger partial charge is 0.331 e. The Kier molecular flexibility index (Phi) is 6.15. The van der Waals surface area contributed by atoms with Crippen molar-refractivity contribution in [3.63, 3.8) is 0 Å². The van der Waals surface area contributed by atoms with E-state index in [1.54, 1.807) is 12.1 Å². The van der Waals surface area contributed by atoms with Gasteiger partial charge in [-0.1, -0.05) is 24.3 Å². The Morgan fingerprint density at radius 1 is 1.21 bits per heavy atom. The highest BCUT2D eigenvalue weighted by atomic mass is 32.2. The molecule has 0 saturated carbocycles. The minimum absolute atomic E-state index is 0.0103. The molecule has 1 aliphatic rings. The molecule has 1 aliphatic heterocycles. The van der Waals surface area contributed by atoms with Crippen molar-refractivity contribution < 1.29 is 19.2 Å². The van der Waals surface area contributed by atoms with E-state index in [-0.39, 0.29) is 15.8 Å². The third-order valence-corrected chi connectivity index (χ3v) is 4.70. The normalized spacial score (nSPS) is 16.4. The van der Waals surface area contributed by atoms with E-state index in [2.05, 4.69) is 20.3 Å². The lowest BCUT2D eigenvalue weighted by Crippen LogP contribution is -2.19. The molecule has 29 heavy (non-hydrogen) atoms. The third kappa shape index (κ3) is 4.93. The summed E-state index contributed by atoms with van der Waals surface area (Å²) >= 11 is 0.975. The van der Waals surface area contributed by atoms with Crippen LogP contribution in [0.1, 0.15) is 5.56 Å². The first kappa shape index (κ1) is 20.0. The summed E-state index contributed by atoms with van der Waals surface area (Å²) in [6, 6.07) is 13.5. The van der Waals surface area contributed by atoms with Crippen LogP contribution in [0.5, 0.6) is 0 Å². The predicted molar refractivity (Wildman–Crippen MR) is 109 cm³/mol. The van der Waals surface area contributed by atoms with Gasteiger partial charge in [0.2, 0.25) is 0 Å². The molecule has 0 aliphatic carbocycles. The van der Waals surface area contributed by atoms with E-state index in [1.807, 2.05) is 24.3 Å². The van der Waals surface area contributed by atoms with Gasteiger partial charge in [0.25, 0.3) is 11.6 Å². The number of non-ortho nitro benzene ring substituents is 1. The van der Waals surface area contributed by atoms with Gasteiger partial charge in [-0.25, -0.2) is 4.79 Å². The molecule has 3 rings (SSSR count). The average Bonchev–Trinajstić information content (AvgIpc) is 3.07. The fourth-order valence-electron chi connectivity index (χ4n) is 2.42. The lowest BCUT2D eigenvalue weighted by Gasteiger charge is -2.05. The molecule has 0 aromatic heterocycles. The maximum absolute atomic E-state index is 11.8. The molecule has 10 heteroatoms. The van der Waals surface area contributed by atoms with E-state index in [9.17, 15) is 19.7 Å². The van der Waals surface area contributed by atoms with Crippen LogP contribution in [0.4, 0.5) is 5.69 Å². The van der Waals surface area contributed by atoms with Crippen LogP contribution in [-0.4, -0.2) is 35.3 Å². The number of carbonyl (C=O) groups excluding carboxylic acids is 2. The van der Waals surface area contributed by atoms with E-state index in [1.165, 1.54) is 25.5 Å². The van der Waals surface area contributed by atoms with Gasteiger partial charge in [0.1, 0.15) is 0 Å². The van der Waals surface area contributed by atoms with Crippen LogP contribution in [0.25, 0.3) is 11.1 Å². The molecule has 0 atom stereocenters. The first-order chi connectivity index (χ1) is 14.0. The van der Waals surface area contributed by atoms with Crippen LogP contribution >= 0.6 is 11.8 Å². The Balaban J connectivity index is 1.79. The summed E-state index contributed by atoms with van der Waals surface area (Å²) in [6.07, 6.45) is 2.59. The summed E-state index contributed by atoms with van der Waals surface area (Å²) in [6.45, 7) is 0. The highest BCUT2D eigenvalue weighted by Gasteiger charge is 2.25. The molecule has 146 valence electrons. The zero-order valence-corrected chi connectivity index (χ0v) is 15.9. The van der Waals surface area contributed by atoms with Crippen LogP contribution in [0, 0.1) is 10.1 Å². The lowest BCUT2D eigenvalue weighted by atomic mass is 10.0. The molecule has 1 heterocycles. The van der Waals surface area contributed by atoms with E-state index in [4.69, 9.17) is 0 Å². The third-order valence-electron chi connectivity index (χ3n) is 3.80. The Morgan fingerprint density at radius 2 is 1.93 bits per heavy atom. The van der Waals surface area contributed by atoms with Crippen molar-refractivity contribution in [1.82, 2.24) is 5.32 Å². The van der Waals surface area contributed by atoms with Gasteiger partial charge < -0.3 is 4.74 Å². The number of methoxy groups -OCH3 is 1. The second-order valence-corrected chi connectivity index (χ2v) is 6.66. The maximum Gasteiger partial charge on any atom is 0.331 e. The SMILES string of the molecule is COC(=O)/C=C1/S/C(=N\N=Cc2ccccc2-c2ccc([N+](=O)[O-])cc2)NC1=O. The minimum Gasteiger partial charge on any atom is -0.466 e. The number of thioether (sulfide) groups is 1. The quantitative estimate of drug-likeness (QED) is 0.266. The maximum atomic E-state index is 11.8. The molecular weight excluding hydrogens is 396 g/mol. The van der Waals surface area contributed by atoms with Crippen LogP contribution in [0.2, 0.25) is 0 Å². The van der Waals surface area contributed by atoms with Gasteiger partial charge in [-0.3, -0.25) is 20.2 Å². The number of carbonyl (C=O) groups is 2. The largest absolute Gasteiger partial charge is 0.466 e. The van der Waals surface area contributed by atoms with Crippen molar-refractivity contribution in [3.8, 4) is 11.1 Å². The lowest BCUT2D eigenvalue weighted by molar-refractivity contribution is -0.384. The summed E-state index contributed by atoms with van der Waals surface area (Å²) in [5.41, 5.74) is 2.36. The van der Waals surface area contributed by atoms with Gasteiger partial charge >= 0.3 is 5.97 Å². The average molecular weight is 410 g/mol. The van der Waals surface area contributed by atoms with Crippen LogP contribution in [0.3, 0.4) is 0 Å². The summed E-state index contributed by atoms with van der Waals surface area (Å²) in [4.78, 5) is 33.6. The van der Waals surface area contributed by atoms with E-state index < -0.39 is 16.8 Å². The first-order valence-corrected chi connectivity index (χ1v) is 9.03. The van der Waals surface area contributed by atoms with Gasteiger partial charge in [-0.2, -0.15) is 5.10 Å².